The van der Waals surface area contributed by atoms with Crippen LogP contribution in [0, 0.1) is 0 Å². The van der Waals surface area contributed by atoms with Gasteiger partial charge in [-0.3, -0.25) is 0 Å². The normalized spacial score (nSPS) is 11.1. The van der Waals surface area contributed by atoms with Crippen LogP contribution in [0.5, 0.6) is 11.5 Å². The molecular formula is C16H22NO4P. The van der Waals surface area contributed by atoms with Crippen molar-refractivity contribution in [3.05, 3.63) is 60.7 Å². The van der Waals surface area contributed by atoms with Crippen LogP contribution in [0.2, 0.25) is 0 Å². The summed E-state index contributed by atoms with van der Waals surface area (Å²) in [6.07, 6.45) is 0. The molecule has 5 nitrogen and oxygen atoms in total. The van der Waals surface area contributed by atoms with Crippen LogP contribution in [-0.4, -0.2) is 32.7 Å². The molecule has 0 aliphatic carbocycles. The van der Waals surface area contributed by atoms with Gasteiger partial charge in [-0.15, -0.1) is 0 Å². The highest BCUT2D eigenvalue weighted by atomic mass is 31.2. The van der Waals surface area contributed by atoms with Crippen molar-refractivity contribution in [3.63, 3.8) is 0 Å². The van der Waals surface area contributed by atoms with Crippen molar-refractivity contribution in [2.45, 2.75) is 0 Å². The summed E-state index contributed by atoms with van der Waals surface area (Å²) in [6, 6.07) is 16.4. The van der Waals surface area contributed by atoms with Gasteiger partial charge < -0.3 is 18.4 Å². The van der Waals surface area contributed by atoms with Crippen molar-refractivity contribution in [1.29, 1.82) is 0 Å². The molecule has 2 aromatic carbocycles. The van der Waals surface area contributed by atoms with Crippen molar-refractivity contribution in [1.82, 2.24) is 0 Å². The van der Waals surface area contributed by atoms with Gasteiger partial charge in [0.05, 0.1) is 28.2 Å². The van der Waals surface area contributed by atoms with Crippen molar-refractivity contribution in [2.75, 3.05) is 28.2 Å². The molecule has 120 valence electrons. The van der Waals surface area contributed by atoms with Gasteiger partial charge in [0.2, 0.25) is 0 Å². The van der Waals surface area contributed by atoms with Crippen LogP contribution in [-0.2, 0) is 4.57 Å². The number of phosphoric ester groups is 1. The molecule has 0 amide bonds. The zero-order valence-electron chi connectivity index (χ0n) is 13.3. The molecule has 0 bridgehead atoms. The summed E-state index contributed by atoms with van der Waals surface area (Å²) in [4.78, 5) is 11.6. The molecule has 0 N–H and O–H groups in total. The fourth-order valence-corrected chi connectivity index (χ4v) is 2.04. The van der Waals surface area contributed by atoms with E-state index < -0.39 is 7.82 Å². The maximum atomic E-state index is 11.6. The maximum absolute atomic E-state index is 11.6. The number of benzene rings is 2. The Hall–Kier alpha value is -1.81. The molecular weight excluding hydrogens is 301 g/mol. The Morgan fingerprint density at radius 3 is 1.32 bits per heavy atom. The van der Waals surface area contributed by atoms with E-state index in [0.717, 1.165) is 4.48 Å². The predicted octanol–water partition coefficient (Wildman–Crippen LogP) is 2.94. The number of para-hydroxylation sites is 2. The van der Waals surface area contributed by atoms with E-state index in [4.69, 9.17) is 9.05 Å². The summed E-state index contributed by atoms with van der Waals surface area (Å²) < 4.78 is 22.1. The smallest absolute Gasteiger partial charge is 0.372 e. The van der Waals surface area contributed by atoms with Gasteiger partial charge in [0.15, 0.2) is 0 Å². The lowest BCUT2D eigenvalue weighted by molar-refractivity contribution is -0.849. The highest BCUT2D eigenvalue weighted by Gasteiger charge is 2.12. The Labute approximate surface area is 131 Å². The lowest BCUT2D eigenvalue weighted by Crippen LogP contribution is -2.27. The van der Waals surface area contributed by atoms with E-state index in [2.05, 4.69) is 28.2 Å². The van der Waals surface area contributed by atoms with E-state index in [9.17, 15) is 9.46 Å². The second-order valence-electron chi connectivity index (χ2n) is 5.94. The van der Waals surface area contributed by atoms with Gasteiger partial charge in [-0.2, -0.15) is 0 Å². The zero-order valence-corrected chi connectivity index (χ0v) is 14.2. The van der Waals surface area contributed by atoms with E-state index in [-0.39, 0.29) is 11.5 Å². The van der Waals surface area contributed by atoms with Gasteiger partial charge in [0.25, 0.3) is 0 Å². The molecule has 0 aliphatic heterocycles. The highest BCUT2D eigenvalue weighted by molar-refractivity contribution is 7.46. The molecule has 22 heavy (non-hydrogen) atoms. The Balaban J connectivity index is 0.000000422. The van der Waals surface area contributed by atoms with E-state index in [1.165, 1.54) is 0 Å². The number of nitrogens with zero attached hydrogens (tertiary/aromatic N) is 1. The largest absolute Gasteiger partial charge is 0.736 e. The van der Waals surface area contributed by atoms with Crippen LogP contribution < -0.4 is 13.9 Å². The monoisotopic (exact) mass is 323 g/mol. The van der Waals surface area contributed by atoms with Gasteiger partial charge in [0.1, 0.15) is 11.5 Å². The Bertz CT molecular complexity index is 545. The van der Waals surface area contributed by atoms with Gasteiger partial charge in [-0.25, -0.2) is 4.57 Å². The fraction of sp³-hybridized carbons (Fsp3) is 0.250. The number of rotatable bonds is 4. The molecule has 0 atom stereocenters. The summed E-state index contributed by atoms with van der Waals surface area (Å²) in [5.74, 6) is 0.448. The number of phosphoric acid groups is 1. The molecule has 0 radical (unpaired) electrons. The van der Waals surface area contributed by atoms with Crippen molar-refractivity contribution in [3.8, 4) is 11.5 Å². The number of hydrogen-bond acceptors (Lipinski definition) is 4. The van der Waals surface area contributed by atoms with Gasteiger partial charge in [0, 0.05) is 0 Å². The third-order valence-electron chi connectivity index (χ3n) is 1.92. The maximum Gasteiger partial charge on any atom is 0.372 e. The molecule has 0 unspecified atom stereocenters. The first kappa shape index (κ1) is 18.2. The van der Waals surface area contributed by atoms with E-state index in [0.29, 0.717) is 0 Å². The van der Waals surface area contributed by atoms with Gasteiger partial charge in [-0.05, 0) is 24.3 Å². The molecule has 0 heterocycles. The first-order chi connectivity index (χ1) is 10.2. The van der Waals surface area contributed by atoms with Crippen molar-refractivity contribution < 1.29 is 23.0 Å². The Morgan fingerprint density at radius 2 is 1.05 bits per heavy atom. The van der Waals surface area contributed by atoms with Crippen LogP contribution in [0.1, 0.15) is 0 Å². The minimum absolute atomic E-state index is 0.224. The third-order valence-corrected chi connectivity index (χ3v) is 2.79. The van der Waals surface area contributed by atoms with Crippen molar-refractivity contribution >= 4 is 7.82 Å². The van der Waals surface area contributed by atoms with Crippen LogP contribution >= 0.6 is 7.82 Å². The number of quaternary nitrogens is 1. The first-order valence-electron chi connectivity index (χ1n) is 6.75. The minimum Gasteiger partial charge on any atom is -0.736 e. The first-order valence-corrected chi connectivity index (χ1v) is 8.21. The third kappa shape index (κ3) is 9.19. The van der Waals surface area contributed by atoms with Gasteiger partial charge >= 0.3 is 7.82 Å². The molecule has 0 spiro atoms. The SMILES string of the molecule is C[N+](C)(C)C.O=P([O-])(Oc1ccccc1)Oc1ccccc1. The summed E-state index contributed by atoms with van der Waals surface area (Å²) in [7, 11) is 4.11. The van der Waals surface area contributed by atoms with Crippen LogP contribution in [0.15, 0.2) is 60.7 Å². The van der Waals surface area contributed by atoms with E-state index in [1.807, 2.05) is 0 Å². The Morgan fingerprint density at radius 1 is 0.773 bits per heavy atom. The van der Waals surface area contributed by atoms with Gasteiger partial charge in [-0.1, -0.05) is 36.4 Å². The van der Waals surface area contributed by atoms with E-state index in [1.54, 1.807) is 60.7 Å². The molecule has 6 heteroatoms. The van der Waals surface area contributed by atoms with Crippen LogP contribution in [0.25, 0.3) is 0 Å². The average molecular weight is 323 g/mol. The second kappa shape index (κ2) is 7.99. The molecule has 0 fully saturated rings. The topological polar surface area (TPSA) is 58.6 Å². The van der Waals surface area contributed by atoms with E-state index >= 15 is 0 Å². The molecule has 2 rings (SSSR count). The molecule has 0 aromatic heterocycles. The second-order valence-corrected chi connectivity index (χ2v) is 7.20. The molecule has 0 aliphatic rings. The molecule has 2 aromatic rings. The van der Waals surface area contributed by atoms with Crippen LogP contribution in [0.4, 0.5) is 0 Å². The lowest BCUT2D eigenvalue weighted by Gasteiger charge is -2.23. The molecule has 0 saturated heterocycles. The number of hydrogen-bond donors (Lipinski definition) is 0. The quantitative estimate of drug-likeness (QED) is 0.641. The highest BCUT2D eigenvalue weighted by Crippen LogP contribution is 2.40. The predicted molar refractivity (Wildman–Crippen MR) is 85.7 cm³/mol. The summed E-state index contributed by atoms with van der Waals surface area (Å²) in [5, 5.41) is 0. The summed E-state index contributed by atoms with van der Waals surface area (Å²) >= 11 is 0. The summed E-state index contributed by atoms with van der Waals surface area (Å²) in [6.45, 7) is 0. The van der Waals surface area contributed by atoms with Crippen molar-refractivity contribution in [2.24, 2.45) is 0 Å². The average Bonchev–Trinajstić information content (AvgIpc) is 2.38. The standard InChI is InChI=1S/C12H11O4P.C4H12N/c13-17(14,15-11-7-3-1-4-8-11)16-12-9-5-2-6-10-12;1-5(2,3)4/h1-10H,(H,13,14);1-4H3/q;+1/p-1. The summed E-state index contributed by atoms with van der Waals surface area (Å²) in [5.41, 5.74) is 0. The molecule has 0 saturated carbocycles. The minimum atomic E-state index is -4.39. The lowest BCUT2D eigenvalue weighted by atomic mass is 10.3. The van der Waals surface area contributed by atoms with Crippen LogP contribution in [0.3, 0.4) is 0 Å². The zero-order chi connectivity index (χ0) is 16.6. The Kier molecular flexibility index (Phi) is 6.62. The fourth-order valence-electron chi connectivity index (χ4n) is 1.24.